The molecule has 2 atom stereocenters. The van der Waals surface area contributed by atoms with E-state index in [-0.39, 0.29) is 5.25 Å². The van der Waals surface area contributed by atoms with Gasteiger partial charge in [-0.05, 0) is 18.8 Å². The summed E-state index contributed by atoms with van der Waals surface area (Å²) in [7, 11) is 3.63. The Labute approximate surface area is 161 Å². The minimum Gasteiger partial charge on any atom is -0.0909 e. The number of rotatable bonds is 13. The van der Waals surface area contributed by atoms with E-state index in [1.807, 2.05) is 10.8 Å². The third-order valence-electron chi connectivity index (χ3n) is 3.71. The fraction of sp³-hybridized carbons (Fsp3) is 1.00. The molecular formula is C17H33Cl3S2. The highest BCUT2D eigenvalue weighted by Crippen LogP contribution is 2.49. The van der Waals surface area contributed by atoms with Crippen LogP contribution in [0.4, 0.5) is 0 Å². The van der Waals surface area contributed by atoms with Gasteiger partial charge in [0.25, 0.3) is 0 Å². The quantitative estimate of drug-likeness (QED) is 0.170. The summed E-state index contributed by atoms with van der Waals surface area (Å²) in [5.41, 5.74) is 0. The molecule has 22 heavy (non-hydrogen) atoms. The van der Waals surface area contributed by atoms with E-state index in [0.717, 1.165) is 0 Å². The van der Waals surface area contributed by atoms with Gasteiger partial charge < -0.3 is 0 Å². The van der Waals surface area contributed by atoms with Crippen LogP contribution >= 0.6 is 56.4 Å². The first kappa shape index (κ1) is 23.6. The summed E-state index contributed by atoms with van der Waals surface area (Å²) >= 11 is 19.0. The molecule has 0 saturated heterocycles. The van der Waals surface area contributed by atoms with Crippen molar-refractivity contribution in [2.45, 2.75) is 99.8 Å². The van der Waals surface area contributed by atoms with Gasteiger partial charge in [-0.2, -0.15) is 0 Å². The molecule has 0 bridgehead atoms. The van der Waals surface area contributed by atoms with Crippen LogP contribution in [0.3, 0.4) is 0 Å². The Morgan fingerprint density at radius 1 is 0.773 bits per heavy atom. The van der Waals surface area contributed by atoms with Gasteiger partial charge in [0.05, 0.1) is 5.25 Å². The summed E-state index contributed by atoms with van der Waals surface area (Å²) in [4.78, 5) is 0. The number of hydrogen-bond acceptors (Lipinski definition) is 2. The third-order valence-corrected chi connectivity index (χ3v) is 8.35. The van der Waals surface area contributed by atoms with Gasteiger partial charge in [-0.3, -0.25) is 0 Å². The second-order valence-electron chi connectivity index (χ2n) is 6.31. The monoisotopic (exact) mass is 406 g/mol. The second-order valence-corrected chi connectivity index (χ2v) is 11.7. The Morgan fingerprint density at radius 2 is 1.27 bits per heavy atom. The summed E-state index contributed by atoms with van der Waals surface area (Å²) < 4.78 is -1.17. The molecule has 0 aliphatic rings. The summed E-state index contributed by atoms with van der Waals surface area (Å²) in [5.74, 6) is 0.507. The smallest absolute Gasteiger partial charge is 0.0909 e. The van der Waals surface area contributed by atoms with E-state index in [1.54, 1.807) is 10.8 Å². The van der Waals surface area contributed by atoms with Crippen LogP contribution in [0.25, 0.3) is 0 Å². The average Bonchev–Trinajstić information content (AvgIpc) is 2.41. The van der Waals surface area contributed by atoms with E-state index in [0.29, 0.717) is 11.2 Å². The maximum absolute atomic E-state index is 6.33. The first-order valence-corrected chi connectivity index (χ1v) is 12.1. The molecular weight excluding hydrogens is 375 g/mol. The molecule has 0 radical (unpaired) electrons. The van der Waals surface area contributed by atoms with Crippen LogP contribution in [-0.2, 0) is 0 Å². The first-order valence-electron chi connectivity index (χ1n) is 8.71. The van der Waals surface area contributed by atoms with Crippen molar-refractivity contribution in [1.29, 1.82) is 0 Å². The Bertz CT molecular complexity index is 255. The molecule has 2 unspecified atom stereocenters. The SMILES string of the molecule is CCCCCCC(CCCCC)C(SSC(C)C)C(Cl)(Cl)Cl. The molecule has 0 aromatic heterocycles. The van der Waals surface area contributed by atoms with Crippen molar-refractivity contribution < 1.29 is 0 Å². The number of halogens is 3. The maximum atomic E-state index is 6.33. The van der Waals surface area contributed by atoms with E-state index in [4.69, 9.17) is 34.8 Å². The van der Waals surface area contributed by atoms with Gasteiger partial charge in [0.2, 0.25) is 3.79 Å². The molecule has 0 aliphatic heterocycles. The predicted molar refractivity (Wildman–Crippen MR) is 111 cm³/mol. The normalized spacial score (nSPS) is 15.3. The van der Waals surface area contributed by atoms with Gasteiger partial charge in [0.15, 0.2) is 0 Å². The van der Waals surface area contributed by atoms with Crippen molar-refractivity contribution in [1.82, 2.24) is 0 Å². The lowest BCUT2D eigenvalue weighted by molar-refractivity contribution is 0.397. The molecule has 134 valence electrons. The van der Waals surface area contributed by atoms with Gasteiger partial charge in [0, 0.05) is 5.25 Å². The van der Waals surface area contributed by atoms with Crippen molar-refractivity contribution in [2.24, 2.45) is 5.92 Å². The lowest BCUT2D eigenvalue weighted by atomic mass is 9.92. The standard InChI is InChI=1S/C17H33Cl3S2/c1-5-7-9-11-13-15(12-10-8-6-2)16(17(18,19)20)22-21-14(3)4/h14-16H,5-13H2,1-4H3. The first-order chi connectivity index (χ1) is 10.3. The third kappa shape index (κ3) is 12.0. The van der Waals surface area contributed by atoms with Gasteiger partial charge in [-0.25, -0.2) is 0 Å². The highest BCUT2D eigenvalue weighted by Gasteiger charge is 2.39. The van der Waals surface area contributed by atoms with Crippen molar-refractivity contribution in [3.8, 4) is 0 Å². The summed E-state index contributed by atoms with van der Waals surface area (Å²) in [6.07, 6.45) is 11.3. The molecule has 0 saturated carbocycles. The Kier molecular flexibility index (Phi) is 14.8. The molecule has 5 heteroatoms. The summed E-state index contributed by atoms with van der Waals surface area (Å²) in [5, 5.41) is 0.639. The van der Waals surface area contributed by atoms with E-state index >= 15 is 0 Å². The molecule has 0 spiro atoms. The molecule has 0 aliphatic carbocycles. The van der Waals surface area contributed by atoms with E-state index in [9.17, 15) is 0 Å². The van der Waals surface area contributed by atoms with Crippen molar-refractivity contribution in [3.05, 3.63) is 0 Å². The zero-order valence-corrected chi connectivity index (χ0v) is 18.4. The summed E-state index contributed by atoms with van der Waals surface area (Å²) in [6, 6.07) is 0. The fourth-order valence-corrected chi connectivity index (χ4v) is 6.73. The zero-order chi connectivity index (χ0) is 17.0. The Balaban J connectivity index is 4.68. The van der Waals surface area contributed by atoms with E-state index < -0.39 is 3.79 Å². The largest absolute Gasteiger partial charge is 0.203 e. The fourth-order valence-electron chi connectivity index (χ4n) is 2.51. The maximum Gasteiger partial charge on any atom is 0.203 e. The molecule has 0 amide bonds. The average molecular weight is 408 g/mol. The minimum atomic E-state index is -1.17. The van der Waals surface area contributed by atoms with Crippen LogP contribution in [0.2, 0.25) is 0 Å². The van der Waals surface area contributed by atoms with Crippen LogP contribution in [0, 0.1) is 5.92 Å². The van der Waals surface area contributed by atoms with Gasteiger partial charge in [-0.15, -0.1) is 0 Å². The predicted octanol–water partition coefficient (Wildman–Crippen LogP) is 8.68. The van der Waals surface area contributed by atoms with Crippen LogP contribution in [0.15, 0.2) is 0 Å². The molecule has 0 N–H and O–H groups in total. The zero-order valence-electron chi connectivity index (χ0n) is 14.5. The lowest BCUT2D eigenvalue weighted by Crippen LogP contribution is -2.30. The molecule has 0 heterocycles. The molecule has 0 nitrogen and oxygen atoms in total. The second kappa shape index (κ2) is 13.8. The molecule has 0 rings (SSSR count). The van der Waals surface area contributed by atoms with Gasteiger partial charge in [0.1, 0.15) is 0 Å². The number of alkyl halides is 3. The van der Waals surface area contributed by atoms with Crippen LogP contribution < -0.4 is 0 Å². The van der Waals surface area contributed by atoms with Crippen LogP contribution in [0.5, 0.6) is 0 Å². The topological polar surface area (TPSA) is 0 Å². The Morgan fingerprint density at radius 3 is 1.73 bits per heavy atom. The molecule has 0 aromatic carbocycles. The van der Waals surface area contributed by atoms with Crippen LogP contribution in [0.1, 0.15) is 85.5 Å². The molecule has 0 fully saturated rings. The van der Waals surface area contributed by atoms with Crippen molar-refractivity contribution in [2.75, 3.05) is 0 Å². The number of unbranched alkanes of at least 4 members (excludes halogenated alkanes) is 5. The number of hydrogen-bond donors (Lipinski definition) is 0. The molecule has 0 aromatic rings. The Hall–Kier alpha value is 1.57. The summed E-state index contributed by atoms with van der Waals surface area (Å²) in [6.45, 7) is 8.88. The lowest BCUT2D eigenvalue weighted by Gasteiger charge is -2.32. The van der Waals surface area contributed by atoms with Gasteiger partial charge >= 0.3 is 0 Å². The van der Waals surface area contributed by atoms with Crippen molar-refractivity contribution in [3.63, 3.8) is 0 Å². The highest BCUT2D eigenvalue weighted by atomic mass is 35.6. The minimum absolute atomic E-state index is 0.0865. The van der Waals surface area contributed by atoms with Crippen molar-refractivity contribution >= 4 is 56.4 Å². The van der Waals surface area contributed by atoms with Gasteiger partial charge in [-0.1, -0.05) is 129 Å². The highest BCUT2D eigenvalue weighted by molar-refractivity contribution is 8.77. The van der Waals surface area contributed by atoms with E-state index in [1.165, 1.54) is 57.8 Å². The van der Waals surface area contributed by atoms with Crippen LogP contribution in [-0.4, -0.2) is 14.3 Å². The van der Waals surface area contributed by atoms with E-state index in [2.05, 4.69) is 27.7 Å².